The molecule has 0 radical (unpaired) electrons. The molecule has 0 aromatic carbocycles. The van der Waals surface area contributed by atoms with Crippen molar-refractivity contribution in [1.29, 1.82) is 0 Å². The average molecular weight is 208 g/mol. The molecule has 5 nitrogen and oxygen atoms in total. The van der Waals surface area contributed by atoms with E-state index in [1.54, 1.807) is 18.3 Å². The fraction of sp³-hybridized carbons (Fsp3) is 0.125. The van der Waals surface area contributed by atoms with E-state index in [2.05, 4.69) is 5.10 Å². The lowest BCUT2D eigenvalue weighted by atomic mass is 10.5. The summed E-state index contributed by atoms with van der Waals surface area (Å²) in [5.41, 5.74) is 5.70. The monoisotopic (exact) mass is 208 g/mol. The third-order valence-electron chi connectivity index (χ3n) is 1.79. The molecule has 2 rings (SSSR count). The Balaban J connectivity index is 2.63. The highest BCUT2D eigenvalue weighted by Gasteiger charge is 2.05. The molecule has 2 aromatic heterocycles. The highest BCUT2D eigenvalue weighted by atomic mass is 32.1. The standard InChI is InChI=1S/C8H8N4OS/c9-6(14)5-12-8(13)11-4-2-1-3-7(11)10-12/h1-4H,5H2,(H2,9,14). The third-order valence-corrected chi connectivity index (χ3v) is 1.92. The number of hydrogen-bond donors (Lipinski definition) is 1. The Bertz CT molecular complexity index is 542. The molecule has 2 aromatic rings. The van der Waals surface area contributed by atoms with Crippen LogP contribution in [0.15, 0.2) is 29.2 Å². The fourth-order valence-corrected chi connectivity index (χ4v) is 1.34. The first-order valence-corrected chi connectivity index (χ1v) is 4.42. The number of thiocarbonyl (C=S) groups is 1. The Morgan fingerprint density at radius 3 is 3.00 bits per heavy atom. The predicted octanol–water partition coefficient (Wildman–Crippen LogP) is -0.218. The van der Waals surface area contributed by atoms with Crippen LogP contribution in [-0.2, 0) is 6.54 Å². The smallest absolute Gasteiger partial charge is 0.350 e. The minimum absolute atomic E-state index is 0.176. The Labute approximate surface area is 84.8 Å². The molecule has 0 aliphatic rings. The maximum absolute atomic E-state index is 11.6. The van der Waals surface area contributed by atoms with Crippen LogP contribution in [0.25, 0.3) is 5.65 Å². The summed E-state index contributed by atoms with van der Waals surface area (Å²) in [6, 6.07) is 5.32. The van der Waals surface area contributed by atoms with Gasteiger partial charge in [-0.2, -0.15) is 0 Å². The van der Waals surface area contributed by atoms with Crippen molar-refractivity contribution >= 4 is 22.9 Å². The van der Waals surface area contributed by atoms with Crippen molar-refractivity contribution in [2.24, 2.45) is 5.73 Å². The topological polar surface area (TPSA) is 65.3 Å². The van der Waals surface area contributed by atoms with Crippen LogP contribution in [-0.4, -0.2) is 19.2 Å². The average Bonchev–Trinajstić information content (AvgIpc) is 2.44. The van der Waals surface area contributed by atoms with E-state index >= 15 is 0 Å². The van der Waals surface area contributed by atoms with E-state index in [-0.39, 0.29) is 17.2 Å². The fourth-order valence-electron chi connectivity index (χ4n) is 1.22. The van der Waals surface area contributed by atoms with Crippen molar-refractivity contribution in [3.05, 3.63) is 34.9 Å². The highest BCUT2D eigenvalue weighted by Crippen LogP contribution is 1.94. The van der Waals surface area contributed by atoms with E-state index in [1.165, 1.54) is 9.08 Å². The number of fused-ring (bicyclic) bond motifs is 1. The zero-order valence-electron chi connectivity index (χ0n) is 7.25. The van der Waals surface area contributed by atoms with Crippen LogP contribution < -0.4 is 11.4 Å². The van der Waals surface area contributed by atoms with Gasteiger partial charge in [0.1, 0.15) is 0 Å². The largest absolute Gasteiger partial charge is 0.392 e. The van der Waals surface area contributed by atoms with Crippen LogP contribution in [0.1, 0.15) is 0 Å². The molecule has 0 amide bonds. The minimum atomic E-state index is -0.228. The van der Waals surface area contributed by atoms with Crippen molar-refractivity contribution < 1.29 is 0 Å². The molecule has 0 aliphatic heterocycles. The van der Waals surface area contributed by atoms with Crippen LogP contribution in [0.2, 0.25) is 0 Å². The second kappa shape index (κ2) is 3.22. The van der Waals surface area contributed by atoms with Gasteiger partial charge in [0, 0.05) is 6.20 Å². The van der Waals surface area contributed by atoms with Crippen molar-refractivity contribution in [2.45, 2.75) is 6.54 Å². The molecule has 0 saturated heterocycles. The zero-order valence-corrected chi connectivity index (χ0v) is 8.07. The molecule has 0 unspecified atom stereocenters. The number of hydrogen-bond acceptors (Lipinski definition) is 3. The number of nitrogens with two attached hydrogens (primary N) is 1. The predicted molar refractivity (Wildman–Crippen MR) is 56.2 cm³/mol. The molecule has 0 atom stereocenters. The first-order chi connectivity index (χ1) is 6.68. The number of pyridine rings is 1. The summed E-state index contributed by atoms with van der Waals surface area (Å²) in [7, 11) is 0. The van der Waals surface area contributed by atoms with Gasteiger partial charge in [0.2, 0.25) is 0 Å². The SMILES string of the molecule is NC(=S)Cn1nc2ccccn2c1=O. The minimum Gasteiger partial charge on any atom is -0.392 e. The van der Waals surface area contributed by atoms with E-state index in [0.717, 1.165) is 0 Å². The second-order valence-electron chi connectivity index (χ2n) is 2.84. The molecule has 0 fully saturated rings. The van der Waals surface area contributed by atoms with Gasteiger partial charge in [0.15, 0.2) is 5.65 Å². The van der Waals surface area contributed by atoms with Gasteiger partial charge in [-0.1, -0.05) is 18.3 Å². The van der Waals surface area contributed by atoms with Crippen LogP contribution in [0, 0.1) is 0 Å². The maximum atomic E-state index is 11.6. The molecule has 72 valence electrons. The molecule has 0 spiro atoms. The summed E-state index contributed by atoms with van der Waals surface area (Å²) < 4.78 is 2.69. The van der Waals surface area contributed by atoms with Gasteiger partial charge in [-0.3, -0.25) is 4.40 Å². The first kappa shape index (κ1) is 8.89. The van der Waals surface area contributed by atoms with Gasteiger partial charge in [-0.05, 0) is 12.1 Å². The van der Waals surface area contributed by atoms with Crippen molar-refractivity contribution in [3.63, 3.8) is 0 Å². The van der Waals surface area contributed by atoms with Gasteiger partial charge >= 0.3 is 5.69 Å². The molecule has 14 heavy (non-hydrogen) atoms. The molecule has 0 bridgehead atoms. The van der Waals surface area contributed by atoms with E-state index in [9.17, 15) is 4.79 Å². The van der Waals surface area contributed by atoms with E-state index in [4.69, 9.17) is 18.0 Å². The summed E-state index contributed by atoms with van der Waals surface area (Å²) >= 11 is 4.71. The maximum Gasteiger partial charge on any atom is 0.350 e. The molecular formula is C8H8N4OS. The van der Waals surface area contributed by atoms with Gasteiger partial charge in [0.25, 0.3) is 0 Å². The lowest BCUT2D eigenvalue weighted by molar-refractivity contribution is 0.694. The van der Waals surface area contributed by atoms with Crippen molar-refractivity contribution in [1.82, 2.24) is 14.2 Å². The first-order valence-electron chi connectivity index (χ1n) is 4.01. The summed E-state index contributed by atoms with van der Waals surface area (Å²) in [5, 5.41) is 4.05. The Kier molecular flexibility index (Phi) is 2.05. The van der Waals surface area contributed by atoms with E-state index in [0.29, 0.717) is 5.65 Å². The molecule has 2 heterocycles. The Hall–Kier alpha value is -1.69. The number of rotatable bonds is 2. The van der Waals surface area contributed by atoms with Gasteiger partial charge in [0.05, 0.1) is 11.5 Å². The van der Waals surface area contributed by atoms with E-state index in [1.807, 2.05) is 6.07 Å². The summed E-state index contributed by atoms with van der Waals surface area (Å²) in [6.07, 6.45) is 1.65. The number of aromatic nitrogens is 3. The normalized spacial score (nSPS) is 10.6. The third kappa shape index (κ3) is 1.39. The van der Waals surface area contributed by atoms with Gasteiger partial charge in [-0.15, -0.1) is 5.10 Å². The van der Waals surface area contributed by atoms with Crippen molar-refractivity contribution in [3.8, 4) is 0 Å². The lowest BCUT2D eigenvalue weighted by Gasteiger charge is -1.93. The molecule has 6 heteroatoms. The van der Waals surface area contributed by atoms with Gasteiger partial charge < -0.3 is 5.73 Å². The highest BCUT2D eigenvalue weighted by molar-refractivity contribution is 7.80. The zero-order chi connectivity index (χ0) is 10.1. The Morgan fingerprint density at radius 2 is 2.36 bits per heavy atom. The van der Waals surface area contributed by atoms with Crippen LogP contribution in [0.4, 0.5) is 0 Å². The quantitative estimate of drug-likeness (QED) is 0.693. The molecular weight excluding hydrogens is 200 g/mol. The molecule has 0 saturated carbocycles. The number of nitrogens with zero attached hydrogens (tertiary/aromatic N) is 3. The Morgan fingerprint density at radius 1 is 1.57 bits per heavy atom. The van der Waals surface area contributed by atoms with Crippen LogP contribution >= 0.6 is 12.2 Å². The molecule has 0 aliphatic carbocycles. The van der Waals surface area contributed by atoms with Crippen LogP contribution in [0.5, 0.6) is 0 Å². The molecule has 2 N–H and O–H groups in total. The van der Waals surface area contributed by atoms with E-state index < -0.39 is 0 Å². The summed E-state index contributed by atoms with van der Waals surface area (Å²) in [5.74, 6) is 0. The van der Waals surface area contributed by atoms with Crippen molar-refractivity contribution in [2.75, 3.05) is 0 Å². The summed E-state index contributed by atoms with van der Waals surface area (Å²) in [6.45, 7) is 0.176. The summed E-state index contributed by atoms with van der Waals surface area (Å²) in [4.78, 5) is 11.9. The lowest BCUT2D eigenvalue weighted by Crippen LogP contribution is -2.27. The second-order valence-corrected chi connectivity index (χ2v) is 3.36. The van der Waals surface area contributed by atoms with Crippen LogP contribution in [0.3, 0.4) is 0 Å². The van der Waals surface area contributed by atoms with Gasteiger partial charge in [-0.25, -0.2) is 9.48 Å².